The van der Waals surface area contributed by atoms with Gasteiger partial charge in [-0.2, -0.15) is 13.2 Å². The molecule has 2 aromatic rings. The van der Waals surface area contributed by atoms with Gasteiger partial charge in [-0.05, 0) is 54.3 Å². The molecule has 0 spiro atoms. The van der Waals surface area contributed by atoms with Crippen LogP contribution < -0.4 is 16.4 Å². The fourth-order valence-corrected chi connectivity index (χ4v) is 3.39. The third kappa shape index (κ3) is 3.99. The van der Waals surface area contributed by atoms with E-state index < -0.39 is 23.2 Å². The summed E-state index contributed by atoms with van der Waals surface area (Å²) in [6, 6.07) is 10.7. The van der Waals surface area contributed by atoms with Gasteiger partial charge in [0.05, 0.1) is 5.56 Å². The monoisotopic (exact) mass is 377 g/mol. The van der Waals surface area contributed by atoms with E-state index in [0.29, 0.717) is 6.54 Å². The third-order valence-electron chi connectivity index (χ3n) is 5.13. The second kappa shape index (κ2) is 7.32. The number of nitrogens with one attached hydrogen (secondary N) is 2. The number of benzene rings is 2. The zero-order valence-electron chi connectivity index (χ0n) is 15.0. The Hall–Kier alpha value is -2.38. The van der Waals surface area contributed by atoms with Crippen LogP contribution in [0.5, 0.6) is 0 Å². The van der Waals surface area contributed by atoms with Crippen LogP contribution >= 0.6 is 0 Å². The molecule has 4 N–H and O–H groups in total. The number of primary amides is 1. The van der Waals surface area contributed by atoms with E-state index in [1.165, 1.54) is 30.2 Å². The summed E-state index contributed by atoms with van der Waals surface area (Å²) < 4.78 is 39.2. The number of amides is 1. The average molecular weight is 377 g/mol. The molecule has 0 bridgehead atoms. The lowest BCUT2D eigenvalue weighted by Gasteiger charge is -2.30. The van der Waals surface area contributed by atoms with Crippen LogP contribution in [0.15, 0.2) is 42.5 Å². The molecule has 1 aliphatic rings. The summed E-state index contributed by atoms with van der Waals surface area (Å²) in [5, 5.41) is 6.40. The summed E-state index contributed by atoms with van der Waals surface area (Å²) in [5.74, 6) is -0.728. The molecule has 1 unspecified atom stereocenters. The van der Waals surface area contributed by atoms with Crippen LogP contribution in [0, 0.1) is 0 Å². The molecule has 1 amide bonds. The van der Waals surface area contributed by atoms with Gasteiger partial charge >= 0.3 is 6.18 Å². The lowest BCUT2D eigenvalue weighted by molar-refractivity contribution is -0.138. The summed E-state index contributed by atoms with van der Waals surface area (Å²) in [4.78, 5) is 12.2. The molecule has 144 valence electrons. The van der Waals surface area contributed by atoms with Crippen molar-refractivity contribution in [3.8, 4) is 0 Å². The van der Waals surface area contributed by atoms with Crippen molar-refractivity contribution >= 4 is 5.91 Å². The van der Waals surface area contributed by atoms with Gasteiger partial charge in [0.15, 0.2) is 0 Å². The Morgan fingerprint density at radius 1 is 1.19 bits per heavy atom. The Kier molecular flexibility index (Phi) is 5.26. The molecular weight excluding hydrogens is 355 g/mol. The van der Waals surface area contributed by atoms with Gasteiger partial charge in [0.25, 0.3) is 0 Å². The standard InChI is InChI=1S/C20H22F3N3O/c1-19(18(24)27,15-6-3-7-16(10-15)20(21,22)23)26-12-14-5-2-4-13-11-25-9-8-17(13)14/h2-7,10,25-26H,8-9,11-12H2,1H3,(H2,24,27). The number of hydrogen-bond donors (Lipinski definition) is 3. The molecule has 7 heteroatoms. The average Bonchev–Trinajstić information content (AvgIpc) is 2.65. The number of carbonyl (C=O) groups excluding carboxylic acids is 1. The zero-order chi connectivity index (χ0) is 19.7. The number of fused-ring (bicyclic) bond motifs is 1. The summed E-state index contributed by atoms with van der Waals surface area (Å²) in [6.07, 6.45) is -3.62. The second-order valence-corrected chi connectivity index (χ2v) is 6.90. The predicted octanol–water partition coefficient (Wildman–Crippen LogP) is 2.84. The first-order valence-electron chi connectivity index (χ1n) is 8.75. The van der Waals surface area contributed by atoms with Crippen LogP contribution in [-0.2, 0) is 36.0 Å². The zero-order valence-corrected chi connectivity index (χ0v) is 15.0. The minimum absolute atomic E-state index is 0.191. The number of rotatable bonds is 5. The normalized spacial score (nSPS) is 16.4. The van der Waals surface area contributed by atoms with Gasteiger partial charge in [0, 0.05) is 13.1 Å². The Morgan fingerprint density at radius 3 is 2.59 bits per heavy atom. The Labute approximate surface area is 155 Å². The molecule has 1 aliphatic heterocycles. The SMILES string of the molecule is CC(NCc1cccc2c1CCNC2)(C(N)=O)c1cccc(C(F)(F)F)c1. The number of hydrogen-bond acceptors (Lipinski definition) is 3. The van der Waals surface area contributed by atoms with Crippen LogP contribution in [0.1, 0.15) is 34.7 Å². The van der Waals surface area contributed by atoms with Crippen LogP contribution in [0.25, 0.3) is 0 Å². The first kappa shape index (κ1) is 19.4. The largest absolute Gasteiger partial charge is 0.416 e. The highest BCUT2D eigenvalue weighted by Crippen LogP contribution is 2.32. The maximum Gasteiger partial charge on any atom is 0.416 e. The van der Waals surface area contributed by atoms with Crippen LogP contribution in [0.3, 0.4) is 0 Å². The molecule has 2 aromatic carbocycles. The molecular formula is C20H22F3N3O. The first-order chi connectivity index (χ1) is 12.7. The molecule has 0 aliphatic carbocycles. The minimum Gasteiger partial charge on any atom is -0.368 e. The number of halogens is 3. The van der Waals surface area contributed by atoms with Gasteiger partial charge in [-0.3, -0.25) is 10.1 Å². The molecule has 4 nitrogen and oxygen atoms in total. The summed E-state index contributed by atoms with van der Waals surface area (Å²) >= 11 is 0. The highest BCUT2D eigenvalue weighted by atomic mass is 19.4. The van der Waals surface area contributed by atoms with E-state index in [4.69, 9.17) is 5.73 Å². The number of carbonyl (C=O) groups is 1. The van der Waals surface area contributed by atoms with Crippen molar-refractivity contribution in [2.24, 2.45) is 5.73 Å². The summed E-state index contributed by atoms with van der Waals surface area (Å²) in [5.41, 5.74) is 6.96. The fraction of sp³-hybridized carbons (Fsp3) is 0.350. The Bertz CT molecular complexity index is 851. The lowest BCUT2D eigenvalue weighted by atomic mass is 9.88. The number of nitrogens with two attached hydrogens (primary N) is 1. The Morgan fingerprint density at radius 2 is 1.89 bits per heavy atom. The maximum absolute atomic E-state index is 13.1. The van der Waals surface area contributed by atoms with E-state index in [1.54, 1.807) is 0 Å². The molecule has 0 fully saturated rings. The van der Waals surface area contributed by atoms with Crippen molar-refractivity contribution in [3.05, 3.63) is 70.3 Å². The highest BCUT2D eigenvalue weighted by Gasteiger charge is 2.36. The minimum atomic E-state index is -4.49. The van der Waals surface area contributed by atoms with Gasteiger partial charge in [-0.25, -0.2) is 0 Å². The predicted molar refractivity (Wildman–Crippen MR) is 96.7 cm³/mol. The maximum atomic E-state index is 13.1. The van der Waals surface area contributed by atoms with Crippen molar-refractivity contribution in [2.45, 2.75) is 38.1 Å². The van der Waals surface area contributed by atoms with E-state index in [2.05, 4.69) is 10.6 Å². The van der Waals surface area contributed by atoms with Gasteiger partial charge in [0.1, 0.15) is 5.54 Å². The quantitative estimate of drug-likeness (QED) is 0.751. The van der Waals surface area contributed by atoms with E-state index in [0.717, 1.165) is 37.2 Å². The smallest absolute Gasteiger partial charge is 0.368 e. The first-order valence-corrected chi connectivity index (χ1v) is 8.75. The molecule has 1 atom stereocenters. The van der Waals surface area contributed by atoms with Crippen molar-refractivity contribution in [2.75, 3.05) is 6.54 Å². The van der Waals surface area contributed by atoms with Crippen LogP contribution in [0.2, 0.25) is 0 Å². The van der Waals surface area contributed by atoms with Crippen LogP contribution in [-0.4, -0.2) is 12.5 Å². The van der Waals surface area contributed by atoms with E-state index >= 15 is 0 Å². The lowest BCUT2D eigenvalue weighted by Crippen LogP contribution is -2.50. The molecule has 0 saturated carbocycles. The summed E-state index contributed by atoms with van der Waals surface area (Å²) in [7, 11) is 0. The van der Waals surface area contributed by atoms with Crippen molar-refractivity contribution in [3.63, 3.8) is 0 Å². The second-order valence-electron chi connectivity index (χ2n) is 6.90. The number of alkyl halides is 3. The highest BCUT2D eigenvalue weighted by molar-refractivity contribution is 5.85. The topological polar surface area (TPSA) is 67.2 Å². The van der Waals surface area contributed by atoms with E-state index in [-0.39, 0.29) is 5.56 Å². The van der Waals surface area contributed by atoms with Gasteiger partial charge < -0.3 is 11.1 Å². The third-order valence-corrected chi connectivity index (χ3v) is 5.13. The van der Waals surface area contributed by atoms with Crippen molar-refractivity contribution in [1.29, 1.82) is 0 Å². The molecule has 27 heavy (non-hydrogen) atoms. The van der Waals surface area contributed by atoms with Gasteiger partial charge in [-0.15, -0.1) is 0 Å². The van der Waals surface area contributed by atoms with Crippen molar-refractivity contribution in [1.82, 2.24) is 10.6 Å². The van der Waals surface area contributed by atoms with Gasteiger partial charge in [-0.1, -0.05) is 30.3 Å². The summed E-state index contributed by atoms with van der Waals surface area (Å²) in [6.45, 7) is 3.50. The molecule has 0 radical (unpaired) electrons. The molecule has 3 rings (SSSR count). The molecule has 1 heterocycles. The van der Waals surface area contributed by atoms with Crippen LogP contribution in [0.4, 0.5) is 13.2 Å². The van der Waals surface area contributed by atoms with E-state index in [9.17, 15) is 18.0 Å². The molecule has 0 aromatic heterocycles. The van der Waals surface area contributed by atoms with E-state index in [1.807, 2.05) is 18.2 Å². The fourth-order valence-electron chi connectivity index (χ4n) is 3.39. The van der Waals surface area contributed by atoms with Gasteiger partial charge in [0.2, 0.25) is 5.91 Å². The van der Waals surface area contributed by atoms with Crippen molar-refractivity contribution < 1.29 is 18.0 Å². The Balaban J connectivity index is 1.90. The molecule has 0 saturated heterocycles.